The molecule has 0 saturated heterocycles. The van der Waals surface area contributed by atoms with Crippen molar-refractivity contribution in [3.05, 3.63) is 17.7 Å². The molecule has 23 heavy (non-hydrogen) atoms. The fourth-order valence-electron chi connectivity index (χ4n) is 2.14. The van der Waals surface area contributed by atoms with E-state index in [-0.39, 0.29) is 24.4 Å². The van der Waals surface area contributed by atoms with Gasteiger partial charge in [0.05, 0.1) is 21.3 Å². The van der Waals surface area contributed by atoms with Crippen molar-refractivity contribution in [2.24, 2.45) is 5.73 Å². The molecule has 1 amide bonds. The Balaban J connectivity index is 0.00000484. The van der Waals surface area contributed by atoms with E-state index in [4.69, 9.17) is 19.9 Å². The lowest BCUT2D eigenvalue weighted by molar-refractivity contribution is -0.121. The van der Waals surface area contributed by atoms with Crippen LogP contribution in [0.15, 0.2) is 12.1 Å². The van der Waals surface area contributed by atoms with Crippen LogP contribution in [0.4, 0.5) is 0 Å². The summed E-state index contributed by atoms with van der Waals surface area (Å²) in [5.74, 6) is 1.82. The second-order valence-electron chi connectivity index (χ2n) is 5.11. The fourth-order valence-corrected chi connectivity index (χ4v) is 2.14. The van der Waals surface area contributed by atoms with Crippen molar-refractivity contribution in [2.45, 2.75) is 32.2 Å². The standard InChI is InChI=1S/C16H26N2O4.ClH/c1-11(17)5-8-14(19)18-10-9-12-6-7-13(20-2)16(22-4)15(12)21-3;/h6-7,11H,5,8-10,17H2,1-4H3,(H,18,19);1H. The van der Waals surface area contributed by atoms with Gasteiger partial charge in [0.1, 0.15) is 0 Å². The maximum Gasteiger partial charge on any atom is 0.220 e. The minimum atomic E-state index is 0. The molecule has 0 saturated carbocycles. The molecule has 0 bridgehead atoms. The number of rotatable bonds is 9. The van der Waals surface area contributed by atoms with Crippen LogP contribution in [-0.4, -0.2) is 39.8 Å². The van der Waals surface area contributed by atoms with Gasteiger partial charge in [-0.05, 0) is 25.8 Å². The zero-order chi connectivity index (χ0) is 16.5. The number of benzene rings is 1. The topological polar surface area (TPSA) is 82.8 Å². The summed E-state index contributed by atoms with van der Waals surface area (Å²) < 4.78 is 16.0. The second-order valence-corrected chi connectivity index (χ2v) is 5.11. The van der Waals surface area contributed by atoms with Crippen LogP contribution >= 0.6 is 12.4 Å². The van der Waals surface area contributed by atoms with Gasteiger partial charge in [-0.3, -0.25) is 4.79 Å². The quantitative estimate of drug-likeness (QED) is 0.713. The molecule has 1 unspecified atom stereocenters. The number of amides is 1. The van der Waals surface area contributed by atoms with Crippen LogP contribution in [0, 0.1) is 0 Å². The van der Waals surface area contributed by atoms with Crippen LogP contribution in [0.3, 0.4) is 0 Å². The molecule has 7 heteroatoms. The fraction of sp³-hybridized carbons (Fsp3) is 0.562. The Bertz CT molecular complexity index is 495. The zero-order valence-electron chi connectivity index (χ0n) is 14.2. The van der Waals surface area contributed by atoms with Crippen molar-refractivity contribution in [1.82, 2.24) is 5.32 Å². The summed E-state index contributed by atoms with van der Waals surface area (Å²) in [6.07, 6.45) is 1.78. The van der Waals surface area contributed by atoms with Crippen LogP contribution in [0.1, 0.15) is 25.3 Å². The van der Waals surface area contributed by atoms with Crippen molar-refractivity contribution < 1.29 is 19.0 Å². The van der Waals surface area contributed by atoms with Crippen molar-refractivity contribution in [3.8, 4) is 17.2 Å². The van der Waals surface area contributed by atoms with E-state index in [1.165, 1.54) is 0 Å². The van der Waals surface area contributed by atoms with Gasteiger partial charge in [-0.15, -0.1) is 12.4 Å². The third-order valence-electron chi connectivity index (χ3n) is 3.33. The van der Waals surface area contributed by atoms with E-state index in [0.717, 1.165) is 5.56 Å². The molecule has 0 aliphatic rings. The summed E-state index contributed by atoms with van der Waals surface area (Å²) >= 11 is 0. The number of ether oxygens (including phenoxy) is 3. The van der Waals surface area contributed by atoms with Crippen molar-refractivity contribution in [3.63, 3.8) is 0 Å². The van der Waals surface area contributed by atoms with Crippen molar-refractivity contribution in [1.29, 1.82) is 0 Å². The number of halogens is 1. The van der Waals surface area contributed by atoms with Gasteiger partial charge < -0.3 is 25.3 Å². The first-order valence-corrected chi connectivity index (χ1v) is 7.33. The first-order valence-electron chi connectivity index (χ1n) is 7.33. The first kappa shape index (κ1) is 21.3. The van der Waals surface area contributed by atoms with Crippen LogP contribution in [0.2, 0.25) is 0 Å². The lowest BCUT2D eigenvalue weighted by atomic mass is 10.1. The summed E-state index contributed by atoms with van der Waals surface area (Å²) in [4.78, 5) is 11.7. The average Bonchev–Trinajstić information content (AvgIpc) is 2.51. The highest BCUT2D eigenvalue weighted by molar-refractivity contribution is 5.85. The number of hydrogen-bond donors (Lipinski definition) is 2. The van der Waals surface area contributed by atoms with E-state index in [1.807, 2.05) is 19.1 Å². The van der Waals surface area contributed by atoms with Crippen LogP contribution in [0.25, 0.3) is 0 Å². The number of hydrogen-bond acceptors (Lipinski definition) is 5. The highest BCUT2D eigenvalue weighted by Gasteiger charge is 2.15. The normalized spacial score (nSPS) is 11.2. The predicted molar refractivity (Wildman–Crippen MR) is 92.9 cm³/mol. The van der Waals surface area contributed by atoms with E-state index in [1.54, 1.807) is 21.3 Å². The molecule has 0 fully saturated rings. The highest BCUT2D eigenvalue weighted by Crippen LogP contribution is 2.39. The number of methoxy groups -OCH3 is 3. The molecule has 1 aromatic carbocycles. The summed E-state index contributed by atoms with van der Waals surface area (Å²) in [5.41, 5.74) is 6.59. The number of carbonyl (C=O) groups is 1. The Morgan fingerprint density at radius 1 is 1.17 bits per heavy atom. The molecule has 0 spiro atoms. The van der Waals surface area contributed by atoms with E-state index in [2.05, 4.69) is 5.32 Å². The summed E-state index contributed by atoms with van der Waals surface area (Å²) in [6.45, 7) is 2.42. The van der Waals surface area contributed by atoms with Gasteiger partial charge in [-0.2, -0.15) is 0 Å². The first-order chi connectivity index (χ1) is 10.5. The molecular formula is C16H27ClN2O4. The van der Waals surface area contributed by atoms with Crippen LogP contribution < -0.4 is 25.3 Å². The van der Waals surface area contributed by atoms with Gasteiger partial charge in [-0.1, -0.05) is 6.07 Å². The maximum atomic E-state index is 11.7. The molecule has 3 N–H and O–H groups in total. The Morgan fingerprint density at radius 2 is 1.83 bits per heavy atom. The largest absolute Gasteiger partial charge is 0.493 e. The Hall–Kier alpha value is -1.66. The van der Waals surface area contributed by atoms with Gasteiger partial charge >= 0.3 is 0 Å². The Morgan fingerprint density at radius 3 is 2.35 bits per heavy atom. The van der Waals surface area contributed by atoms with Crippen LogP contribution in [-0.2, 0) is 11.2 Å². The lowest BCUT2D eigenvalue weighted by Gasteiger charge is -2.16. The molecule has 0 aliphatic heterocycles. The third kappa shape index (κ3) is 6.54. The van der Waals surface area contributed by atoms with Gasteiger partial charge in [0.2, 0.25) is 11.7 Å². The molecular weight excluding hydrogens is 320 g/mol. The van der Waals surface area contributed by atoms with Gasteiger partial charge in [0.15, 0.2) is 11.5 Å². The molecule has 0 aliphatic carbocycles. The summed E-state index contributed by atoms with van der Waals surface area (Å²) in [5, 5.41) is 2.88. The lowest BCUT2D eigenvalue weighted by Crippen LogP contribution is -2.27. The summed E-state index contributed by atoms with van der Waals surface area (Å²) in [7, 11) is 4.73. The zero-order valence-corrected chi connectivity index (χ0v) is 15.0. The van der Waals surface area contributed by atoms with E-state index in [0.29, 0.717) is 43.1 Å². The molecule has 1 rings (SSSR count). The smallest absolute Gasteiger partial charge is 0.220 e. The number of nitrogens with one attached hydrogen (secondary N) is 1. The SMILES string of the molecule is COc1ccc(CCNC(=O)CCC(C)N)c(OC)c1OC.Cl. The Kier molecular flexibility index (Phi) is 10.2. The van der Waals surface area contributed by atoms with Gasteiger partial charge in [0, 0.05) is 24.6 Å². The van der Waals surface area contributed by atoms with Gasteiger partial charge in [-0.25, -0.2) is 0 Å². The van der Waals surface area contributed by atoms with E-state index < -0.39 is 0 Å². The number of nitrogens with two attached hydrogens (primary N) is 1. The highest BCUT2D eigenvalue weighted by atomic mass is 35.5. The molecule has 1 aromatic rings. The van der Waals surface area contributed by atoms with Crippen molar-refractivity contribution in [2.75, 3.05) is 27.9 Å². The molecule has 0 aromatic heterocycles. The van der Waals surface area contributed by atoms with Crippen LogP contribution in [0.5, 0.6) is 17.2 Å². The minimum absolute atomic E-state index is 0. The summed E-state index contributed by atoms with van der Waals surface area (Å²) in [6, 6.07) is 3.78. The van der Waals surface area contributed by atoms with E-state index >= 15 is 0 Å². The average molecular weight is 347 g/mol. The predicted octanol–water partition coefficient (Wildman–Crippen LogP) is 1.92. The number of carbonyl (C=O) groups excluding carboxylic acids is 1. The molecule has 0 heterocycles. The Labute approximate surface area is 144 Å². The molecule has 1 atom stereocenters. The second kappa shape index (κ2) is 11.0. The monoisotopic (exact) mass is 346 g/mol. The maximum absolute atomic E-state index is 11.7. The molecule has 132 valence electrons. The molecule has 0 radical (unpaired) electrons. The van der Waals surface area contributed by atoms with Gasteiger partial charge in [0.25, 0.3) is 0 Å². The van der Waals surface area contributed by atoms with E-state index in [9.17, 15) is 4.79 Å². The minimum Gasteiger partial charge on any atom is -0.493 e. The third-order valence-corrected chi connectivity index (χ3v) is 3.33. The van der Waals surface area contributed by atoms with Crippen molar-refractivity contribution >= 4 is 18.3 Å². The molecule has 6 nitrogen and oxygen atoms in total.